The molecular formula is C13H27NO3S2. The van der Waals surface area contributed by atoms with Gasteiger partial charge in [0.1, 0.15) is 0 Å². The van der Waals surface area contributed by atoms with Crippen molar-refractivity contribution in [3.8, 4) is 0 Å². The fourth-order valence-electron chi connectivity index (χ4n) is 1.87. The van der Waals surface area contributed by atoms with Gasteiger partial charge < -0.3 is 15.5 Å². The summed E-state index contributed by atoms with van der Waals surface area (Å²) in [4.78, 5) is 11.6. The molecule has 0 bridgehead atoms. The maximum Gasteiger partial charge on any atom is 0.220 e. The fraction of sp³-hybridized carbons (Fsp3) is 0.923. The Hall–Kier alpha value is 0.0900. The van der Waals surface area contributed by atoms with Gasteiger partial charge in [0, 0.05) is 29.5 Å². The van der Waals surface area contributed by atoms with E-state index in [0.717, 1.165) is 5.75 Å². The summed E-state index contributed by atoms with van der Waals surface area (Å²) in [6.45, 7) is 7.74. The van der Waals surface area contributed by atoms with Crippen LogP contribution in [-0.4, -0.2) is 47.4 Å². The van der Waals surface area contributed by atoms with Crippen molar-refractivity contribution in [3.63, 3.8) is 0 Å². The van der Waals surface area contributed by atoms with Gasteiger partial charge >= 0.3 is 0 Å². The van der Waals surface area contributed by atoms with Gasteiger partial charge in [0.2, 0.25) is 5.91 Å². The topological polar surface area (TPSA) is 69.6 Å². The SMILES string of the molecule is CSSCCC(=O)NCC(C)(C)C(O)C(C)(C)CO. The van der Waals surface area contributed by atoms with Crippen LogP contribution in [0.25, 0.3) is 0 Å². The van der Waals surface area contributed by atoms with Gasteiger partial charge in [-0.1, -0.05) is 49.3 Å². The maximum atomic E-state index is 11.6. The lowest BCUT2D eigenvalue weighted by molar-refractivity contribution is -0.122. The van der Waals surface area contributed by atoms with Gasteiger partial charge in [0.15, 0.2) is 0 Å². The van der Waals surface area contributed by atoms with Crippen molar-refractivity contribution in [1.82, 2.24) is 5.32 Å². The molecule has 1 amide bonds. The molecule has 0 rings (SSSR count). The lowest BCUT2D eigenvalue weighted by Gasteiger charge is -2.40. The summed E-state index contributed by atoms with van der Waals surface area (Å²) in [5.74, 6) is 0.793. The smallest absolute Gasteiger partial charge is 0.220 e. The van der Waals surface area contributed by atoms with Gasteiger partial charge in [0.25, 0.3) is 0 Å². The Labute approximate surface area is 124 Å². The minimum Gasteiger partial charge on any atom is -0.396 e. The second-order valence-electron chi connectivity index (χ2n) is 6.05. The Morgan fingerprint density at radius 1 is 1.26 bits per heavy atom. The minimum absolute atomic E-state index is 0.00336. The first-order valence-electron chi connectivity index (χ1n) is 6.38. The normalized spacial score (nSPS) is 14.3. The molecule has 3 N–H and O–H groups in total. The van der Waals surface area contributed by atoms with E-state index in [-0.39, 0.29) is 12.5 Å². The van der Waals surface area contributed by atoms with E-state index in [1.807, 2.05) is 34.0 Å². The van der Waals surface area contributed by atoms with Gasteiger partial charge in [-0.25, -0.2) is 0 Å². The van der Waals surface area contributed by atoms with Gasteiger partial charge in [-0.2, -0.15) is 0 Å². The van der Waals surface area contributed by atoms with Crippen LogP contribution in [0.1, 0.15) is 34.1 Å². The molecule has 19 heavy (non-hydrogen) atoms. The molecule has 1 unspecified atom stereocenters. The van der Waals surface area contributed by atoms with Crippen LogP contribution < -0.4 is 5.32 Å². The highest BCUT2D eigenvalue weighted by Crippen LogP contribution is 2.33. The summed E-state index contributed by atoms with van der Waals surface area (Å²) >= 11 is 0. The van der Waals surface area contributed by atoms with E-state index in [1.54, 1.807) is 21.6 Å². The highest BCUT2D eigenvalue weighted by atomic mass is 33.1. The summed E-state index contributed by atoms with van der Waals surface area (Å²) in [5, 5.41) is 22.5. The molecule has 1 atom stereocenters. The molecule has 0 radical (unpaired) electrons. The molecule has 0 saturated carbocycles. The van der Waals surface area contributed by atoms with E-state index in [0.29, 0.717) is 13.0 Å². The van der Waals surface area contributed by atoms with Crippen molar-refractivity contribution in [2.24, 2.45) is 10.8 Å². The zero-order valence-electron chi connectivity index (χ0n) is 12.5. The van der Waals surface area contributed by atoms with E-state index in [9.17, 15) is 15.0 Å². The van der Waals surface area contributed by atoms with Crippen LogP contribution in [0.3, 0.4) is 0 Å². The van der Waals surface area contributed by atoms with Gasteiger partial charge in [-0.05, 0) is 6.26 Å². The Morgan fingerprint density at radius 2 is 1.84 bits per heavy atom. The zero-order chi connectivity index (χ0) is 15.1. The third-order valence-corrected chi connectivity index (χ3v) is 4.97. The van der Waals surface area contributed by atoms with Crippen molar-refractivity contribution in [1.29, 1.82) is 0 Å². The van der Waals surface area contributed by atoms with Crippen LogP contribution in [0.4, 0.5) is 0 Å². The highest BCUT2D eigenvalue weighted by molar-refractivity contribution is 8.76. The Balaban J connectivity index is 4.26. The standard InChI is InChI=1S/C13H27NO3S2/c1-12(2,11(17)13(3,4)9-15)8-14-10(16)6-7-19-18-5/h11,15,17H,6-9H2,1-5H3,(H,14,16). The molecule has 0 aliphatic heterocycles. The second-order valence-corrected chi connectivity index (χ2v) is 8.74. The van der Waals surface area contributed by atoms with E-state index in [2.05, 4.69) is 5.32 Å². The van der Waals surface area contributed by atoms with Crippen LogP contribution in [0.5, 0.6) is 0 Å². The maximum absolute atomic E-state index is 11.6. The second kappa shape index (κ2) is 8.39. The first kappa shape index (κ1) is 19.1. The van der Waals surface area contributed by atoms with Crippen LogP contribution in [0.15, 0.2) is 0 Å². The largest absolute Gasteiger partial charge is 0.396 e. The Kier molecular flexibility index (Phi) is 8.43. The molecule has 0 aromatic rings. The monoisotopic (exact) mass is 309 g/mol. The molecule has 0 aromatic carbocycles. The summed E-state index contributed by atoms with van der Waals surface area (Å²) < 4.78 is 0. The molecule has 4 nitrogen and oxygen atoms in total. The predicted octanol–water partition coefficient (Wildman–Crippen LogP) is 1.91. The molecule has 114 valence electrons. The Morgan fingerprint density at radius 3 is 2.32 bits per heavy atom. The Bertz CT molecular complexity index is 283. The minimum atomic E-state index is -0.689. The van der Waals surface area contributed by atoms with Gasteiger partial charge in [0.05, 0.1) is 12.7 Å². The molecule has 0 heterocycles. The molecule has 0 spiro atoms. The average Bonchev–Trinajstić information content (AvgIpc) is 2.36. The van der Waals surface area contributed by atoms with Crippen molar-refractivity contribution < 1.29 is 15.0 Å². The molecule has 0 fully saturated rings. The van der Waals surface area contributed by atoms with E-state index in [4.69, 9.17) is 0 Å². The molecule has 0 saturated heterocycles. The molecule has 6 heteroatoms. The summed E-state index contributed by atoms with van der Waals surface area (Å²) in [6, 6.07) is 0. The lowest BCUT2D eigenvalue weighted by atomic mass is 9.72. The number of carbonyl (C=O) groups excluding carboxylic acids is 1. The van der Waals surface area contributed by atoms with Crippen LogP contribution in [0, 0.1) is 10.8 Å². The van der Waals surface area contributed by atoms with E-state index >= 15 is 0 Å². The third kappa shape index (κ3) is 6.88. The molecule has 0 aromatic heterocycles. The van der Waals surface area contributed by atoms with Crippen molar-refractivity contribution in [2.75, 3.05) is 25.2 Å². The van der Waals surface area contributed by atoms with E-state index < -0.39 is 16.9 Å². The summed E-state index contributed by atoms with van der Waals surface area (Å²) in [7, 11) is 3.30. The number of aliphatic hydroxyl groups excluding tert-OH is 2. The van der Waals surface area contributed by atoms with E-state index in [1.165, 1.54) is 0 Å². The van der Waals surface area contributed by atoms with Gasteiger partial charge in [-0.15, -0.1) is 0 Å². The third-order valence-electron chi connectivity index (χ3n) is 3.16. The number of carbonyl (C=O) groups is 1. The highest BCUT2D eigenvalue weighted by Gasteiger charge is 2.39. The first-order chi connectivity index (χ1) is 8.67. The molecule has 0 aliphatic carbocycles. The number of amides is 1. The summed E-state index contributed by atoms with van der Waals surface area (Å²) in [5.41, 5.74) is -1.06. The van der Waals surface area contributed by atoms with Crippen molar-refractivity contribution >= 4 is 27.5 Å². The quantitative estimate of drug-likeness (QED) is 0.448. The fourth-order valence-corrected chi connectivity index (χ4v) is 3.06. The summed E-state index contributed by atoms with van der Waals surface area (Å²) in [6.07, 6.45) is 1.78. The molecule has 0 aliphatic rings. The van der Waals surface area contributed by atoms with Crippen molar-refractivity contribution in [3.05, 3.63) is 0 Å². The number of rotatable bonds is 9. The number of hydrogen-bond donors (Lipinski definition) is 3. The number of hydrogen-bond acceptors (Lipinski definition) is 5. The van der Waals surface area contributed by atoms with Gasteiger partial charge in [-0.3, -0.25) is 4.79 Å². The number of nitrogens with one attached hydrogen (secondary N) is 1. The predicted molar refractivity (Wildman–Crippen MR) is 84.3 cm³/mol. The lowest BCUT2D eigenvalue weighted by Crippen LogP contribution is -2.49. The van der Waals surface area contributed by atoms with Crippen molar-refractivity contribution in [2.45, 2.75) is 40.2 Å². The van der Waals surface area contributed by atoms with Crippen LogP contribution >= 0.6 is 21.6 Å². The average molecular weight is 309 g/mol. The zero-order valence-corrected chi connectivity index (χ0v) is 14.2. The van der Waals surface area contributed by atoms with Crippen LogP contribution in [0.2, 0.25) is 0 Å². The molecular weight excluding hydrogens is 282 g/mol. The number of aliphatic hydroxyl groups is 2. The van der Waals surface area contributed by atoms with Crippen LogP contribution in [-0.2, 0) is 4.79 Å². The first-order valence-corrected chi connectivity index (χ1v) is 9.11.